The third kappa shape index (κ3) is 8.21. The highest BCUT2D eigenvalue weighted by Crippen LogP contribution is 2.42. The zero-order chi connectivity index (χ0) is 31.2. The van der Waals surface area contributed by atoms with E-state index in [1.165, 1.54) is 0 Å². The van der Waals surface area contributed by atoms with Crippen LogP contribution in [0.1, 0.15) is 51.4 Å². The number of anilines is 1. The van der Waals surface area contributed by atoms with Gasteiger partial charge in [-0.15, -0.1) is 11.6 Å². The van der Waals surface area contributed by atoms with Crippen LogP contribution in [0.5, 0.6) is 11.5 Å². The van der Waals surface area contributed by atoms with Crippen molar-refractivity contribution in [3.8, 4) is 11.5 Å². The summed E-state index contributed by atoms with van der Waals surface area (Å²) < 4.78 is 17.1. The fraction of sp³-hybridized carbons (Fsp3) is 0.438. The molecule has 1 saturated heterocycles. The van der Waals surface area contributed by atoms with E-state index in [0.717, 1.165) is 16.8 Å². The van der Waals surface area contributed by atoms with Gasteiger partial charge in [0.1, 0.15) is 23.7 Å². The van der Waals surface area contributed by atoms with Crippen molar-refractivity contribution in [2.75, 3.05) is 43.6 Å². The van der Waals surface area contributed by atoms with E-state index in [1.807, 2.05) is 63.2 Å². The summed E-state index contributed by atoms with van der Waals surface area (Å²) in [5.74, 6) is 1.98. The van der Waals surface area contributed by atoms with Crippen molar-refractivity contribution in [1.29, 1.82) is 0 Å². The molecular weight excluding hydrogens is 589 g/mol. The molecule has 9 nitrogen and oxygen atoms in total. The van der Waals surface area contributed by atoms with Gasteiger partial charge in [-0.2, -0.15) is 0 Å². The summed E-state index contributed by atoms with van der Waals surface area (Å²) in [6, 6.07) is 13.3. The molecule has 0 bridgehead atoms. The molecule has 1 aromatic heterocycles. The van der Waals surface area contributed by atoms with Gasteiger partial charge in [0, 0.05) is 37.8 Å². The minimum absolute atomic E-state index is 0.275. The van der Waals surface area contributed by atoms with E-state index in [-0.39, 0.29) is 19.3 Å². The molecule has 43 heavy (non-hydrogen) atoms. The van der Waals surface area contributed by atoms with E-state index in [9.17, 15) is 4.79 Å². The lowest BCUT2D eigenvalue weighted by molar-refractivity contribution is 0.0240. The molecule has 0 unspecified atom stereocenters. The van der Waals surface area contributed by atoms with Crippen LogP contribution in [0.15, 0.2) is 48.7 Å². The number of carbonyl (C=O) groups is 1. The van der Waals surface area contributed by atoms with Crippen LogP contribution in [0.25, 0.3) is 4.85 Å². The maximum atomic E-state index is 12.4. The first-order chi connectivity index (χ1) is 20.4. The molecule has 0 saturated carbocycles. The Bertz CT molecular complexity index is 1460. The summed E-state index contributed by atoms with van der Waals surface area (Å²) in [6.45, 7) is 20.2. The molecule has 228 valence electrons. The highest BCUT2D eigenvalue weighted by Gasteiger charge is 2.28. The highest BCUT2D eigenvalue weighted by atomic mass is 35.5. The SMILES string of the molecule is [C-]#[N+]c1cc(C(C)(C)c2ccc(OCc3ccnc(N4CCN(C(=O)OC(C)(C)C)CC4)n3)cc2)cc(Cl)c1OCCCl. The predicted octanol–water partition coefficient (Wildman–Crippen LogP) is 7.26. The van der Waals surface area contributed by atoms with Crippen molar-refractivity contribution in [2.45, 2.75) is 52.2 Å². The number of amides is 1. The van der Waals surface area contributed by atoms with Crippen LogP contribution >= 0.6 is 23.2 Å². The van der Waals surface area contributed by atoms with Crippen LogP contribution in [0.3, 0.4) is 0 Å². The molecule has 11 heteroatoms. The van der Waals surface area contributed by atoms with Gasteiger partial charge in [-0.1, -0.05) is 37.6 Å². The number of aromatic nitrogens is 2. The van der Waals surface area contributed by atoms with Gasteiger partial charge >= 0.3 is 6.09 Å². The Balaban J connectivity index is 1.37. The van der Waals surface area contributed by atoms with Gasteiger partial charge in [0.15, 0.2) is 0 Å². The average Bonchev–Trinajstić information content (AvgIpc) is 2.98. The fourth-order valence-corrected chi connectivity index (χ4v) is 4.98. The van der Waals surface area contributed by atoms with Crippen LogP contribution in [-0.4, -0.2) is 65.2 Å². The van der Waals surface area contributed by atoms with E-state index in [0.29, 0.717) is 60.2 Å². The Hall–Kier alpha value is -3.74. The smallest absolute Gasteiger partial charge is 0.410 e. The summed E-state index contributed by atoms with van der Waals surface area (Å²) in [5, 5.41) is 0.385. The first kappa shape index (κ1) is 32.2. The molecule has 3 aromatic rings. The van der Waals surface area contributed by atoms with Crippen LogP contribution in [0.4, 0.5) is 16.4 Å². The number of benzene rings is 2. The third-order valence-electron chi connectivity index (χ3n) is 7.07. The van der Waals surface area contributed by atoms with Crippen LogP contribution in [0, 0.1) is 6.57 Å². The summed E-state index contributed by atoms with van der Waals surface area (Å²) in [6.07, 6.45) is 1.42. The van der Waals surface area contributed by atoms with Crippen molar-refractivity contribution < 1.29 is 19.0 Å². The molecule has 0 N–H and O–H groups in total. The summed E-state index contributed by atoms with van der Waals surface area (Å²) in [7, 11) is 0. The Morgan fingerprint density at radius 1 is 1.00 bits per heavy atom. The average molecular weight is 627 g/mol. The number of hydrogen-bond donors (Lipinski definition) is 0. The standard InChI is InChI=1S/C32H37Cl2N5O4/c1-31(2,3)43-30(40)39-16-14-38(15-17-39)29-36-13-11-24(37-29)21-42-25-9-7-22(8-10-25)32(4,5)23-19-26(34)28(41-18-12-33)27(20-23)35-6/h7-11,13,19-20H,12,14-18,21H2,1-5H3. The Kier molecular flexibility index (Phi) is 10.3. The molecule has 1 aliphatic rings. The minimum Gasteiger partial charge on any atom is -0.502 e. The molecule has 0 radical (unpaired) electrons. The lowest BCUT2D eigenvalue weighted by Gasteiger charge is -2.35. The van der Waals surface area contributed by atoms with E-state index < -0.39 is 11.0 Å². The van der Waals surface area contributed by atoms with Gasteiger partial charge < -0.3 is 24.0 Å². The predicted molar refractivity (Wildman–Crippen MR) is 169 cm³/mol. The van der Waals surface area contributed by atoms with Crippen LogP contribution in [-0.2, 0) is 16.8 Å². The van der Waals surface area contributed by atoms with Gasteiger partial charge in [0.25, 0.3) is 0 Å². The third-order valence-corrected chi connectivity index (χ3v) is 7.50. The van der Waals surface area contributed by atoms with E-state index in [4.69, 9.17) is 44.0 Å². The van der Waals surface area contributed by atoms with Crippen molar-refractivity contribution in [3.05, 3.63) is 81.9 Å². The number of hydrogen-bond acceptors (Lipinski definition) is 7. The number of ether oxygens (including phenoxy) is 3. The lowest BCUT2D eigenvalue weighted by Crippen LogP contribution is -2.50. The van der Waals surface area contributed by atoms with Crippen molar-refractivity contribution in [1.82, 2.24) is 14.9 Å². The van der Waals surface area contributed by atoms with Gasteiger partial charge in [-0.05, 0) is 62.2 Å². The normalized spacial score (nSPS) is 13.8. The zero-order valence-corrected chi connectivity index (χ0v) is 26.7. The largest absolute Gasteiger partial charge is 0.502 e. The van der Waals surface area contributed by atoms with Crippen LogP contribution < -0.4 is 14.4 Å². The monoisotopic (exact) mass is 625 g/mol. The van der Waals surface area contributed by atoms with Gasteiger partial charge in [0.2, 0.25) is 11.6 Å². The van der Waals surface area contributed by atoms with Gasteiger partial charge in [0.05, 0.1) is 29.8 Å². The van der Waals surface area contributed by atoms with Crippen molar-refractivity contribution >= 4 is 40.9 Å². The molecule has 4 rings (SSSR count). The van der Waals surface area contributed by atoms with Gasteiger partial charge in [-0.25, -0.2) is 19.6 Å². The van der Waals surface area contributed by atoms with Crippen molar-refractivity contribution in [3.63, 3.8) is 0 Å². The fourth-order valence-electron chi connectivity index (χ4n) is 4.63. The lowest BCUT2D eigenvalue weighted by atomic mass is 9.78. The Morgan fingerprint density at radius 2 is 1.70 bits per heavy atom. The minimum atomic E-state index is -0.522. The number of halogens is 2. The molecule has 0 atom stereocenters. The van der Waals surface area contributed by atoms with E-state index in [2.05, 4.69) is 33.6 Å². The van der Waals surface area contributed by atoms with Crippen molar-refractivity contribution in [2.24, 2.45) is 0 Å². The second-order valence-electron chi connectivity index (χ2n) is 11.7. The molecule has 1 fully saturated rings. The zero-order valence-electron chi connectivity index (χ0n) is 25.2. The first-order valence-corrected chi connectivity index (χ1v) is 15.0. The molecular formula is C32H37Cl2N5O4. The summed E-state index contributed by atoms with van der Waals surface area (Å²) >= 11 is 12.2. The Morgan fingerprint density at radius 3 is 2.33 bits per heavy atom. The number of carbonyl (C=O) groups excluding carboxylic acids is 1. The number of piperazine rings is 1. The topological polar surface area (TPSA) is 81.4 Å². The second-order valence-corrected chi connectivity index (χ2v) is 12.5. The maximum Gasteiger partial charge on any atom is 0.410 e. The number of rotatable bonds is 9. The Labute approximate surface area is 263 Å². The molecule has 1 amide bonds. The summed E-state index contributed by atoms with van der Waals surface area (Å²) in [5.41, 5.74) is 2.09. The second kappa shape index (κ2) is 13.7. The highest BCUT2D eigenvalue weighted by molar-refractivity contribution is 6.32. The van der Waals surface area contributed by atoms with E-state index in [1.54, 1.807) is 11.1 Å². The molecule has 2 heterocycles. The number of alkyl halides is 1. The number of nitrogens with zero attached hydrogens (tertiary/aromatic N) is 5. The molecule has 1 aliphatic heterocycles. The van der Waals surface area contributed by atoms with Crippen LogP contribution in [0.2, 0.25) is 5.02 Å². The summed E-state index contributed by atoms with van der Waals surface area (Å²) in [4.78, 5) is 28.9. The van der Waals surface area contributed by atoms with Gasteiger partial charge in [-0.3, -0.25) is 0 Å². The quantitative estimate of drug-likeness (QED) is 0.183. The van der Waals surface area contributed by atoms with E-state index >= 15 is 0 Å². The molecule has 0 aliphatic carbocycles. The first-order valence-electron chi connectivity index (χ1n) is 14.1. The molecule has 0 spiro atoms. The maximum absolute atomic E-state index is 12.4. The molecule has 2 aromatic carbocycles.